The third kappa shape index (κ3) is 3.30. The number of halogens is 1. The molecule has 3 aromatic rings. The number of hydrogen-bond acceptors (Lipinski definition) is 7. The van der Waals surface area contributed by atoms with E-state index in [0.29, 0.717) is 23.8 Å². The summed E-state index contributed by atoms with van der Waals surface area (Å²) in [6.07, 6.45) is 2.80. The normalized spacial score (nSPS) is 15.0. The number of carbonyl (C=O) groups excluding carboxylic acids is 1. The van der Waals surface area contributed by atoms with Crippen molar-refractivity contribution >= 4 is 11.7 Å². The van der Waals surface area contributed by atoms with Crippen LogP contribution in [0.2, 0.25) is 0 Å². The van der Waals surface area contributed by atoms with Gasteiger partial charge in [-0.05, 0) is 31.5 Å². The fraction of sp³-hybridized carbons (Fsp3) is 0.300. The number of benzene rings is 1. The van der Waals surface area contributed by atoms with Crippen LogP contribution in [0.25, 0.3) is 0 Å². The van der Waals surface area contributed by atoms with E-state index < -0.39 is 22.8 Å². The van der Waals surface area contributed by atoms with E-state index >= 15 is 0 Å². The Morgan fingerprint density at radius 3 is 2.70 bits per heavy atom. The zero-order valence-electron chi connectivity index (χ0n) is 16.4. The number of aromatic hydroxyl groups is 1. The molecule has 0 atom stereocenters. The number of nitrogens with zero attached hydrogens (tertiary/aromatic N) is 4. The molecule has 0 aliphatic carbocycles. The predicted molar refractivity (Wildman–Crippen MR) is 105 cm³/mol. The molecule has 1 aliphatic rings. The number of nitrogens with one attached hydrogen (secondary N) is 1. The fourth-order valence-corrected chi connectivity index (χ4v) is 3.59. The lowest BCUT2D eigenvalue weighted by molar-refractivity contribution is 0.0941. The summed E-state index contributed by atoms with van der Waals surface area (Å²) in [6, 6.07) is 5.63. The minimum absolute atomic E-state index is 0.0904. The van der Waals surface area contributed by atoms with Crippen LogP contribution in [0.5, 0.6) is 5.75 Å². The van der Waals surface area contributed by atoms with Gasteiger partial charge in [0, 0.05) is 19.6 Å². The van der Waals surface area contributed by atoms with Gasteiger partial charge in [0.05, 0.1) is 5.54 Å². The number of amides is 1. The number of fused-ring (bicyclic) bond motifs is 1. The molecule has 2 aromatic heterocycles. The van der Waals surface area contributed by atoms with Crippen LogP contribution in [0.1, 0.15) is 35.7 Å². The maximum absolute atomic E-state index is 13.0. The van der Waals surface area contributed by atoms with Gasteiger partial charge >= 0.3 is 0 Å². The number of oxazole rings is 1. The molecule has 2 N–H and O–H groups in total. The maximum Gasteiger partial charge on any atom is 0.296 e. The molecule has 1 aromatic carbocycles. The van der Waals surface area contributed by atoms with Crippen molar-refractivity contribution in [3.63, 3.8) is 0 Å². The lowest BCUT2D eigenvalue weighted by atomic mass is 9.98. The van der Waals surface area contributed by atoms with E-state index in [2.05, 4.69) is 15.3 Å². The van der Waals surface area contributed by atoms with Gasteiger partial charge in [0.2, 0.25) is 5.75 Å². The molecule has 1 amide bonds. The van der Waals surface area contributed by atoms with Crippen LogP contribution in [0.3, 0.4) is 0 Å². The smallest absolute Gasteiger partial charge is 0.296 e. The molecule has 0 fully saturated rings. The second kappa shape index (κ2) is 7.29. The third-order valence-electron chi connectivity index (χ3n) is 5.19. The molecule has 4 rings (SSSR count). The van der Waals surface area contributed by atoms with Crippen molar-refractivity contribution in [1.29, 1.82) is 0 Å². The molecule has 156 valence electrons. The Morgan fingerprint density at radius 1 is 1.30 bits per heavy atom. The highest BCUT2D eigenvalue weighted by atomic mass is 19.1. The first-order valence-electron chi connectivity index (χ1n) is 9.32. The van der Waals surface area contributed by atoms with Crippen molar-refractivity contribution in [3.05, 3.63) is 70.2 Å². The highest BCUT2D eigenvalue weighted by Crippen LogP contribution is 2.33. The van der Waals surface area contributed by atoms with Gasteiger partial charge in [-0.3, -0.25) is 14.2 Å². The van der Waals surface area contributed by atoms with Gasteiger partial charge in [-0.25, -0.2) is 9.37 Å². The molecule has 0 radical (unpaired) electrons. The average Bonchev–Trinajstić information content (AvgIpc) is 3.24. The molecule has 0 saturated heterocycles. The Kier molecular flexibility index (Phi) is 4.76. The Balaban J connectivity index is 1.66. The number of rotatable bonds is 4. The zero-order chi connectivity index (χ0) is 21.5. The van der Waals surface area contributed by atoms with Gasteiger partial charge < -0.3 is 19.7 Å². The molecule has 30 heavy (non-hydrogen) atoms. The summed E-state index contributed by atoms with van der Waals surface area (Å²) < 4.78 is 19.5. The zero-order valence-corrected chi connectivity index (χ0v) is 16.4. The molecular weight excluding hydrogens is 393 g/mol. The summed E-state index contributed by atoms with van der Waals surface area (Å²) in [4.78, 5) is 35.8. The minimum Gasteiger partial charge on any atom is -0.501 e. The SMILES string of the molecule is CC1(C)c2nc(C(=O)NCc3ccc(F)cc3)c(O)c(=O)n2CCN1c1cocn1. The van der Waals surface area contributed by atoms with Crippen molar-refractivity contribution in [2.24, 2.45) is 0 Å². The molecule has 0 spiro atoms. The molecule has 0 unspecified atom stereocenters. The summed E-state index contributed by atoms with van der Waals surface area (Å²) in [6.45, 7) is 4.49. The van der Waals surface area contributed by atoms with Gasteiger partial charge in [-0.2, -0.15) is 4.98 Å². The number of carbonyl (C=O) groups is 1. The Morgan fingerprint density at radius 2 is 2.03 bits per heavy atom. The summed E-state index contributed by atoms with van der Waals surface area (Å²) >= 11 is 0. The van der Waals surface area contributed by atoms with Crippen molar-refractivity contribution in [2.75, 3.05) is 11.4 Å². The van der Waals surface area contributed by atoms with E-state index in [0.717, 1.165) is 0 Å². The quantitative estimate of drug-likeness (QED) is 0.670. The average molecular weight is 413 g/mol. The van der Waals surface area contributed by atoms with Crippen LogP contribution in [-0.2, 0) is 18.6 Å². The first kappa shape index (κ1) is 19.6. The van der Waals surface area contributed by atoms with Gasteiger partial charge in [-0.15, -0.1) is 0 Å². The van der Waals surface area contributed by atoms with E-state index in [-0.39, 0.29) is 24.6 Å². The molecular formula is C20H20FN5O4. The first-order valence-corrected chi connectivity index (χ1v) is 9.32. The van der Waals surface area contributed by atoms with Crippen molar-refractivity contribution in [1.82, 2.24) is 19.9 Å². The number of anilines is 1. The van der Waals surface area contributed by atoms with Gasteiger partial charge in [-0.1, -0.05) is 12.1 Å². The van der Waals surface area contributed by atoms with Crippen molar-refractivity contribution in [2.45, 2.75) is 32.5 Å². The Hall–Kier alpha value is -3.69. The second-order valence-electron chi connectivity index (χ2n) is 7.46. The first-order chi connectivity index (χ1) is 14.3. The van der Waals surface area contributed by atoms with E-state index in [1.807, 2.05) is 18.7 Å². The van der Waals surface area contributed by atoms with Gasteiger partial charge in [0.25, 0.3) is 11.5 Å². The summed E-state index contributed by atoms with van der Waals surface area (Å²) in [5.41, 5.74) is -1.17. The summed E-state index contributed by atoms with van der Waals surface area (Å²) in [7, 11) is 0. The maximum atomic E-state index is 13.0. The van der Waals surface area contributed by atoms with Crippen LogP contribution < -0.4 is 15.8 Å². The van der Waals surface area contributed by atoms with Crippen LogP contribution in [0.15, 0.2) is 46.1 Å². The van der Waals surface area contributed by atoms with Crippen molar-refractivity contribution < 1.29 is 18.7 Å². The number of aromatic nitrogens is 3. The Bertz CT molecular complexity index is 1140. The fourth-order valence-electron chi connectivity index (χ4n) is 3.59. The van der Waals surface area contributed by atoms with E-state index in [9.17, 15) is 19.1 Å². The second-order valence-corrected chi connectivity index (χ2v) is 7.46. The van der Waals surface area contributed by atoms with E-state index in [1.54, 1.807) is 0 Å². The topological polar surface area (TPSA) is 113 Å². The van der Waals surface area contributed by atoms with E-state index in [4.69, 9.17) is 4.42 Å². The monoisotopic (exact) mass is 413 g/mol. The summed E-state index contributed by atoms with van der Waals surface area (Å²) in [5.74, 6) is -0.888. The summed E-state index contributed by atoms with van der Waals surface area (Å²) in [5, 5.41) is 12.9. The van der Waals surface area contributed by atoms with Crippen LogP contribution in [0, 0.1) is 5.82 Å². The highest BCUT2D eigenvalue weighted by molar-refractivity contribution is 5.94. The number of hydrogen-bond donors (Lipinski definition) is 2. The van der Waals surface area contributed by atoms with Crippen LogP contribution in [0.4, 0.5) is 10.2 Å². The van der Waals surface area contributed by atoms with E-state index in [1.165, 1.54) is 41.5 Å². The van der Waals surface area contributed by atoms with Gasteiger partial charge in [0.15, 0.2) is 17.9 Å². The Labute approximate surface area is 170 Å². The van der Waals surface area contributed by atoms with Crippen LogP contribution >= 0.6 is 0 Å². The standard InChI is InChI=1S/C20H20FN5O4/c1-20(2)19-24-15(17(28)22-9-12-3-5-13(21)6-4-12)16(27)18(29)25(19)7-8-26(20)14-10-30-11-23-14/h3-6,10-11,27H,7-9H2,1-2H3,(H,22,28). The van der Waals surface area contributed by atoms with Crippen molar-refractivity contribution in [3.8, 4) is 5.75 Å². The molecule has 1 aliphatic heterocycles. The lowest BCUT2D eigenvalue weighted by Gasteiger charge is -2.43. The largest absolute Gasteiger partial charge is 0.501 e. The molecule has 9 nitrogen and oxygen atoms in total. The predicted octanol–water partition coefficient (Wildman–Crippen LogP) is 1.76. The van der Waals surface area contributed by atoms with Crippen LogP contribution in [-0.4, -0.2) is 32.1 Å². The molecule has 3 heterocycles. The minimum atomic E-state index is -0.798. The highest BCUT2D eigenvalue weighted by Gasteiger charge is 2.40. The lowest BCUT2D eigenvalue weighted by Crippen LogP contribution is -2.53. The third-order valence-corrected chi connectivity index (χ3v) is 5.19. The molecule has 10 heteroatoms. The van der Waals surface area contributed by atoms with Gasteiger partial charge in [0.1, 0.15) is 17.9 Å². The molecule has 0 saturated carbocycles. The molecule has 0 bridgehead atoms.